The van der Waals surface area contributed by atoms with Crippen molar-refractivity contribution in [2.24, 2.45) is 5.92 Å². The Labute approximate surface area is 181 Å². The van der Waals surface area contributed by atoms with E-state index >= 15 is 0 Å². The maximum atomic E-state index is 12.4. The van der Waals surface area contributed by atoms with Crippen molar-refractivity contribution in [2.45, 2.75) is 32.1 Å². The highest BCUT2D eigenvalue weighted by molar-refractivity contribution is 5.98. The maximum absolute atomic E-state index is 12.4. The number of H-pyrrole nitrogens is 1. The second-order valence-corrected chi connectivity index (χ2v) is 7.28. The number of nitrogens with zero attached hydrogens (tertiary/aromatic N) is 3. The van der Waals surface area contributed by atoms with Gasteiger partial charge in [0.1, 0.15) is 0 Å². The van der Waals surface area contributed by atoms with Gasteiger partial charge in [-0.2, -0.15) is 4.98 Å². The molecule has 0 aliphatic carbocycles. The summed E-state index contributed by atoms with van der Waals surface area (Å²) >= 11 is 0. The average Bonchev–Trinajstić information content (AvgIpc) is 2.75. The number of nitrogen functional groups attached to an aromatic ring is 1. The topological polar surface area (TPSA) is 189 Å². The molecular weight excluding hydrogens is 418 g/mol. The van der Waals surface area contributed by atoms with Crippen LogP contribution < -0.4 is 11.3 Å². The molecular formula is C21H21N5O6. The average molecular weight is 439 g/mol. The van der Waals surface area contributed by atoms with E-state index in [1.807, 2.05) is 0 Å². The van der Waals surface area contributed by atoms with E-state index in [-0.39, 0.29) is 42.2 Å². The SMILES string of the molecule is Nc1nc2ncc(CCc3ccc(C(=O)C[C@@H](CCC(=O)O)C(=O)O)cc3)nc2c(=O)[nH]1. The minimum absolute atomic E-state index is 0.0317. The first kappa shape index (κ1) is 22.5. The van der Waals surface area contributed by atoms with Crippen LogP contribution in [0.25, 0.3) is 11.2 Å². The van der Waals surface area contributed by atoms with Crippen LogP contribution in [0.5, 0.6) is 0 Å². The highest BCUT2D eigenvalue weighted by Crippen LogP contribution is 2.17. The van der Waals surface area contributed by atoms with E-state index in [9.17, 15) is 24.3 Å². The van der Waals surface area contributed by atoms with Crippen molar-refractivity contribution in [1.29, 1.82) is 0 Å². The third-order valence-corrected chi connectivity index (χ3v) is 4.92. The zero-order chi connectivity index (χ0) is 23.3. The van der Waals surface area contributed by atoms with E-state index in [0.29, 0.717) is 24.1 Å². The van der Waals surface area contributed by atoms with Crippen molar-refractivity contribution in [3.8, 4) is 0 Å². The van der Waals surface area contributed by atoms with Crippen LogP contribution in [-0.4, -0.2) is 47.9 Å². The molecule has 1 atom stereocenters. The summed E-state index contributed by atoms with van der Waals surface area (Å²) < 4.78 is 0. The number of aryl methyl sites for hydroxylation is 2. The van der Waals surface area contributed by atoms with Crippen LogP contribution in [0.3, 0.4) is 0 Å². The summed E-state index contributed by atoms with van der Waals surface area (Å²) in [5, 5.41) is 17.9. The number of fused-ring (bicyclic) bond motifs is 1. The molecule has 32 heavy (non-hydrogen) atoms. The molecule has 11 nitrogen and oxygen atoms in total. The Morgan fingerprint density at radius 2 is 1.78 bits per heavy atom. The Balaban J connectivity index is 1.62. The number of nitrogens with two attached hydrogens (primary N) is 1. The third-order valence-electron chi connectivity index (χ3n) is 4.92. The molecule has 11 heteroatoms. The van der Waals surface area contributed by atoms with Gasteiger partial charge in [0.05, 0.1) is 17.8 Å². The Morgan fingerprint density at radius 3 is 2.44 bits per heavy atom. The molecule has 0 fully saturated rings. The van der Waals surface area contributed by atoms with Crippen molar-refractivity contribution in [1.82, 2.24) is 19.9 Å². The van der Waals surface area contributed by atoms with Crippen LogP contribution in [0.2, 0.25) is 0 Å². The molecule has 166 valence electrons. The van der Waals surface area contributed by atoms with E-state index in [1.165, 1.54) is 6.20 Å². The molecule has 2 aromatic heterocycles. The molecule has 5 N–H and O–H groups in total. The molecule has 0 aliphatic heterocycles. The maximum Gasteiger partial charge on any atom is 0.306 e. The van der Waals surface area contributed by atoms with Crippen molar-refractivity contribution in [2.75, 3.05) is 5.73 Å². The first-order valence-electron chi connectivity index (χ1n) is 9.81. The van der Waals surface area contributed by atoms with Gasteiger partial charge in [0.15, 0.2) is 16.9 Å². The fourth-order valence-electron chi connectivity index (χ4n) is 3.17. The number of anilines is 1. The summed E-state index contributed by atoms with van der Waals surface area (Å²) in [7, 11) is 0. The monoisotopic (exact) mass is 439 g/mol. The predicted molar refractivity (Wildman–Crippen MR) is 113 cm³/mol. The lowest BCUT2D eigenvalue weighted by Gasteiger charge is -2.10. The highest BCUT2D eigenvalue weighted by atomic mass is 16.4. The summed E-state index contributed by atoms with van der Waals surface area (Å²) in [5.74, 6) is -3.73. The number of aliphatic carboxylic acids is 2. The molecule has 0 bridgehead atoms. The first-order valence-corrected chi connectivity index (χ1v) is 9.81. The Kier molecular flexibility index (Phi) is 6.88. The minimum Gasteiger partial charge on any atom is -0.481 e. The van der Waals surface area contributed by atoms with Gasteiger partial charge in [-0.1, -0.05) is 24.3 Å². The number of hydrogen-bond donors (Lipinski definition) is 4. The zero-order valence-electron chi connectivity index (χ0n) is 16.9. The number of rotatable bonds is 10. The van der Waals surface area contributed by atoms with E-state index < -0.39 is 23.4 Å². The van der Waals surface area contributed by atoms with Crippen LogP contribution in [0.1, 0.15) is 40.9 Å². The quantitative estimate of drug-likeness (QED) is 0.334. The van der Waals surface area contributed by atoms with Gasteiger partial charge in [0, 0.05) is 18.4 Å². The smallest absolute Gasteiger partial charge is 0.306 e. The second kappa shape index (κ2) is 9.77. The van der Waals surface area contributed by atoms with Gasteiger partial charge in [0.25, 0.3) is 5.56 Å². The van der Waals surface area contributed by atoms with Gasteiger partial charge < -0.3 is 15.9 Å². The molecule has 0 amide bonds. The molecule has 3 aromatic rings. The predicted octanol–water partition coefficient (Wildman–Crippen LogP) is 1.22. The van der Waals surface area contributed by atoms with Crippen LogP contribution in [-0.2, 0) is 22.4 Å². The summed E-state index contributed by atoms with van der Waals surface area (Å²) in [6.45, 7) is 0. The third kappa shape index (κ3) is 5.72. The standard InChI is InChI=1S/C21H21N5O6/c22-21-25-18-17(19(30)26-21)24-14(10-23-18)7-3-11-1-4-12(5-2-11)15(27)9-13(20(31)32)6-8-16(28)29/h1-2,4-5,10,13H,3,6-9H2,(H,28,29)(H,31,32)(H3,22,23,25,26,30)/t13-/m1/s1. The molecule has 0 saturated heterocycles. The van der Waals surface area contributed by atoms with Crippen molar-refractivity contribution >= 4 is 34.8 Å². The summed E-state index contributed by atoms with van der Waals surface area (Å²) in [6.07, 6.45) is 1.92. The van der Waals surface area contributed by atoms with Gasteiger partial charge >= 0.3 is 11.9 Å². The second-order valence-electron chi connectivity index (χ2n) is 7.28. The van der Waals surface area contributed by atoms with Gasteiger partial charge in [-0.3, -0.25) is 24.2 Å². The molecule has 1 aromatic carbocycles. The summed E-state index contributed by atoms with van der Waals surface area (Å²) in [5.41, 5.74) is 7.16. The number of aromatic amines is 1. The van der Waals surface area contributed by atoms with Crippen molar-refractivity contribution in [3.63, 3.8) is 0 Å². The van der Waals surface area contributed by atoms with E-state index in [2.05, 4.69) is 19.9 Å². The van der Waals surface area contributed by atoms with Crippen LogP contribution in [0.15, 0.2) is 35.3 Å². The Hall–Kier alpha value is -4.15. The van der Waals surface area contributed by atoms with E-state index in [4.69, 9.17) is 10.8 Å². The molecule has 0 aliphatic rings. The number of hydrogen-bond acceptors (Lipinski definition) is 8. The zero-order valence-corrected chi connectivity index (χ0v) is 16.9. The lowest BCUT2D eigenvalue weighted by atomic mass is 9.93. The van der Waals surface area contributed by atoms with E-state index in [0.717, 1.165) is 5.56 Å². The van der Waals surface area contributed by atoms with Crippen LogP contribution in [0, 0.1) is 5.92 Å². The van der Waals surface area contributed by atoms with Crippen molar-refractivity contribution in [3.05, 3.63) is 57.6 Å². The summed E-state index contributed by atoms with van der Waals surface area (Å²) in [6, 6.07) is 6.72. The van der Waals surface area contributed by atoms with Gasteiger partial charge in [-0.25, -0.2) is 9.97 Å². The fraction of sp³-hybridized carbons (Fsp3) is 0.286. The van der Waals surface area contributed by atoms with Gasteiger partial charge in [-0.15, -0.1) is 0 Å². The lowest BCUT2D eigenvalue weighted by Crippen LogP contribution is -2.19. The van der Waals surface area contributed by atoms with Gasteiger partial charge in [0.2, 0.25) is 5.95 Å². The number of carboxylic acid groups (broad SMARTS) is 2. The Morgan fingerprint density at radius 1 is 1.06 bits per heavy atom. The number of aromatic nitrogens is 4. The number of carbonyl (C=O) groups excluding carboxylic acids is 1. The lowest BCUT2D eigenvalue weighted by molar-refractivity contribution is -0.142. The number of carboxylic acids is 2. The largest absolute Gasteiger partial charge is 0.481 e. The van der Waals surface area contributed by atoms with Crippen LogP contribution in [0.4, 0.5) is 5.95 Å². The fourth-order valence-corrected chi connectivity index (χ4v) is 3.17. The van der Waals surface area contributed by atoms with Crippen molar-refractivity contribution < 1.29 is 24.6 Å². The first-order chi connectivity index (χ1) is 15.2. The number of Topliss-reactive ketones (excluding diaryl/α,β-unsaturated/α-hetero) is 1. The highest BCUT2D eigenvalue weighted by Gasteiger charge is 2.22. The Bertz CT molecular complexity index is 1220. The normalized spacial score (nSPS) is 11.9. The molecule has 0 unspecified atom stereocenters. The molecule has 2 heterocycles. The van der Waals surface area contributed by atoms with E-state index in [1.54, 1.807) is 24.3 Å². The number of benzene rings is 1. The molecule has 0 saturated carbocycles. The molecule has 0 spiro atoms. The minimum atomic E-state index is -1.19. The van der Waals surface area contributed by atoms with Crippen LogP contribution >= 0.6 is 0 Å². The summed E-state index contributed by atoms with van der Waals surface area (Å²) in [4.78, 5) is 61.0. The molecule has 0 radical (unpaired) electrons. The number of nitrogens with one attached hydrogen (secondary N) is 1. The molecule has 3 rings (SSSR count). The number of ketones is 1. The van der Waals surface area contributed by atoms with Gasteiger partial charge in [-0.05, 0) is 24.8 Å². The number of carbonyl (C=O) groups is 3.